The molecule has 0 saturated carbocycles. The van der Waals surface area contributed by atoms with Gasteiger partial charge in [-0.05, 0) is 35.9 Å². The highest BCUT2D eigenvalue weighted by Gasteiger charge is 2.11. The summed E-state index contributed by atoms with van der Waals surface area (Å²) in [5, 5.41) is 8.94. The molecule has 2 N–H and O–H groups in total. The molecule has 3 aromatic rings. The van der Waals surface area contributed by atoms with Gasteiger partial charge in [0.2, 0.25) is 0 Å². The number of fused-ring (bicyclic) bond motifs is 1. The highest BCUT2D eigenvalue weighted by molar-refractivity contribution is 5.76. The van der Waals surface area contributed by atoms with Gasteiger partial charge in [0.05, 0.1) is 23.5 Å². The highest BCUT2D eigenvalue weighted by atomic mass is 19.1. The van der Waals surface area contributed by atoms with Crippen LogP contribution in [0, 0.1) is 17.1 Å². The molecule has 5 heteroatoms. The van der Waals surface area contributed by atoms with E-state index in [2.05, 4.69) is 11.1 Å². The average Bonchev–Trinajstić information content (AvgIpc) is 2.76. The van der Waals surface area contributed by atoms with Crippen molar-refractivity contribution < 1.29 is 4.39 Å². The Morgan fingerprint density at radius 1 is 1.24 bits per heavy atom. The van der Waals surface area contributed by atoms with E-state index >= 15 is 0 Å². The Bertz CT molecular complexity index is 825. The second-order valence-electron chi connectivity index (χ2n) is 4.83. The first-order valence-electron chi connectivity index (χ1n) is 6.53. The maximum absolute atomic E-state index is 13.5. The van der Waals surface area contributed by atoms with E-state index in [4.69, 9.17) is 11.0 Å². The fourth-order valence-electron chi connectivity index (χ4n) is 2.46. The molecule has 0 aliphatic carbocycles. The summed E-state index contributed by atoms with van der Waals surface area (Å²) in [4.78, 5) is 4.46. The lowest BCUT2D eigenvalue weighted by molar-refractivity contribution is 0.624. The smallest absolute Gasteiger partial charge is 0.125 e. The number of aromatic nitrogens is 2. The summed E-state index contributed by atoms with van der Waals surface area (Å²) in [7, 11) is 0. The van der Waals surface area contributed by atoms with E-state index in [-0.39, 0.29) is 12.2 Å². The minimum Gasteiger partial charge on any atom is -0.399 e. The molecule has 0 saturated heterocycles. The van der Waals surface area contributed by atoms with Crippen molar-refractivity contribution in [3.63, 3.8) is 0 Å². The zero-order chi connectivity index (χ0) is 14.8. The first-order valence-corrected chi connectivity index (χ1v) is 6.53. The van der Waals surface area contributed by atoms with Crippen molar-refractivity contribution in [2.75, 3.05) is 5.73 Å². The number of rotatable bonds is 3. The molecule has 0 aliphatic rings. The number of nitrogen functional groups attached to an aromatic ring is 1. The number of imidazole rings is 1. The number of nitrogens with two attached hydrogens (primary N) is 1. The molecule has 2 aromatic carbocycles. The number of halogens is 1. The lowest BCUT2D eigenvalue weighted by Gasteiger charge is -2.09. The molecule has 1 heterocycles. The van der Waals surface area contributed by atoms with Crippen LogP contribution in [0.3, 0.4) is 0 Å². The van der Waals surface area contributed by atoms with Crippen molar-refractivity contribution in [2.24, 2.45) is 0 Å². The maximum atomic E-state index is 13.5. The minimum atomic E-state index is -0.365. The van der Waals surface area contributed by atoms with Gasteiger partial charge in [-0.1, -0.05) is 12.1 Å². The number of para-hydroxylation sites is 2. The van der Waals surface area contributed by atoms with Gasteiger partial charge in [-0.15, -0.1) is 0 Å². The van der Waals surface area contributed by atoms with Crippen LogP contribution in [0.5, 0.6) is 0 Å². The lowest BCUT2D eigenvalue weighted by atomic mass is 10.2. The van der Waals surface area contributed by atoms with Crippen molar-refractivity contribution in [1.82, 2.24) is 9.55 Å². The molecular formula is C16H13FN4. The molecule has 0 aliphatic heterocycles. The average molecular weight is 280 g/mol. The summed E-state index contributed by atoms with van der Waals surface area (Å²) < 4.78 is 15.4. The first-order chi connectivity index (χ1) is 10.2. The normalized spacial score (nSPS) is 10.7. The Morgan fingerprint density at radius 3 is 2.81 bits per heavy atom. The SMILES string of the molecule is N#CCc1nc2ccccc2n1Cc1cc(N)cc(F)c1. The van der Waals surface area contributed by atoms with Crippen LogP contribution < -0.4 is 5.73 Å². The first kappa shape index (κ1) is 13.1. The van der Waals surface area contributed by atoms with Gasteiger partial charge in [0, 0.05) is 12.2 Å². The molecule has 21 heavy (non-hydrogen) atoms. The van der Waals surface area contributed by atoms with Crippen LogP contribution in [0.1, 0.15) is 11.4 Å². The summed E-state index contributed by atoms with van der Waals surface area (Å²) in [6.45, 7) is 0.430. The molecule has 0 fully saturated rings. The third-order valence-corrected chi connectivity index (χ3v) is 3.29. The van der Waals surface area contributed by atoms with Gasteiger partial charge in [-0.3, -0.25) is 0 Å². The van der Waals surface area contributed by atoms with E-state index in [1.165, 1.54) is 12.1 Å². The molecular weight excluding hydrogens is 267 g/mol. The monoisotopic (exact) mass is 280 g/mol. The molecule has 0 atom stereocenters. The minimum absolute atomic E-state index is 0.208. The van der Waals surface area contributed by atoms with Crippen LogP contribution in [0.25, 0.3) is 11.0 Å². The Kier molecular flexibility index (Phi) is 3.28. The molecule has 0 unspecified atom stereocenters. The number of anilines is 1. The van der Waals surface area contributed by atoms with Crippen LogP contribution in [-0.2, 0) is 13.0 Å². The zero-order valence-corrected chi connectivity index (χ0v) is 11.3. The van der Waals surface area contributed by atoms with Gasteiger partial charge >= 0.3 is 0 Å². The van der Waals surface area contributed by atoms with E-state index < -0.39 is 0 Å². The molecule has 0 radical (unpaired) electrons. The van der Waals surface area contributed by atoms with Gasteiger partial charge in [0.1, 0.15) is 11.6 Å². The fraction of sp³-hybridized carbons (Fsp3) is 0.125. The van der Waals surface area contributed by atoms with Crippen molar-refractivity contribution in [2.45, 2.75) is 13.0 Å². The third-order valence-electron chi connectivity index (χ3n) is 3.29. The highest BCUT2D eigenvalue weighted by Crippen LogP contribution is 2.20. The quantitative estimate of drug-likeness (QED) is 0.750. The van der Waals surface area contributed by atoms with Crippen LogP contribution >= 0.6 is 0 Å². The van der Waals surface area contributed by atoms with Gasteiger partial charge < -0.3 is 10.3 Å². The van der Waals surface area contributed by atoms with E-state index in [0.717, 1.165) is 16.6 Å². The number of nitrogens with zero attached hydrogens (tertiary/aromatic N) is 3. The summed E-state index contributed by atoms with van der Waals surface area (Å²) >= 11 is 0. The topological polar surface area (TPSA) is 67.6 Å². The largest absolute Gasteiger partial charge is 0.399 e. The van der Waals surface area contributed by atoms with Gasteiger partial charge in [-0.2, -0.15) is 5.26 Å². The molecule has 0 bridgehead atoms. The second kappa shape index (κ2) is 5.25. The zero-order valence-electron chi connectivity index (χ0n) is 11.3. The van der Waals surface area contributed by atoms with Crippen molar-refractivity contribution >= 4 is 16.7 Å². The Hall–Kier alpha value is -2.87. The van der Waals surface area contributed by atoms with Gasteiger partial charge in [0.15, 0.2) is 0 Å². The standard InChI is InChI=1S/C16H13FN4/c17-12-7-11(8-13(19)9-12)10-21-15-4-2-1-3-14(15)20-16(21)5-6-18/h1-4,7-9H,5,10,19H2. The van der Waals surface area contributed by atoms with Gasteiger partial charge in [0.25, 0.3) is 0 Å². The maximum Gasteiger partial charge on any atom is 0.125 e. The van der Waals surface area contributed by atoms with E-state index in [1.807, 2.05) is 28.8 Å². The van der Waals surface area contributed by atoms with Crippen LogP contribution in [-0.4, -0.2) is 9.55 Å². The van der Waals surface area contributed by atoms with Crippen LogP contribution in [0.2, 0.25) is 0 Å². The Morgan fingerprint density at radius 2 is 2.05 bits per heavy atom. The Labute approximate surface area is 121 Å². The summed E-state index contributed by atoms with van der Waals surface area (Å²) in [5.74, 6) is 0.304. The molecule has 104 valence electrons. The number of hydrogen-bond acceptors (Lipinski definition) is 3. The predicted octanol–water partition coefficient (Wildman–Crippen LogP) is 2.87. The third kappa shape index (κ3) is 2.56. The molecule has 0 amide bonds. The summed E-state index contributed by atoms with van der Waals surface area (Å²) in [5.41, 5.74) is 8.56. The Balaban J connectivity index is 2.10. The number of hydrogen-bond donors (Lipinski definition) is 1. The van der Waals surface area contributed by atoms with E-state index in [0.29, 0.717) is 18.1 Å². The van der Waals surface area contributed by atoms with Crippen molar-refractivity contribution in [3.8, 4) is 6.07 Å². The number of benzene rings is 2. The summed E-state index contributed by atoms with van der Waals surface area (Å²) in [6.07, 6.45) is 0.208. The second-order valence-corrected chi connectivity index (χ2v) is 4.83. The van der Waals surface area contributed by atoms with E-state index in [1.54, 1.807) is 6.07 Å². The summed E-state index contributed by atoms with van der Waals surface area (Å²) in [6, 6.07) is 14.2. The van der Waals surface area contributed by atoms with Crippen molar-refractivity contribution in [1.29, 1.82) is 5.26 Å². The van der Waals surface area contributed by atoms with Crippen LogP contribution in [0.4, 0.5) is 10.1 Å². The molecule has 1 aromatic heterocycles. The molecule has 0 spiro atoms. The van der Waals surface area contributed by atoms with Gasteiger partial charge in [-0.25, -0.2) is 9.37 Å². The van der Waals surface area contributed by atoms with Crippen LogP contribution in [0.15, 0.2) is 42.5 Å². The predicted molar refractivity (Wildman–Crippen MR) is 79.0 cm³/mol. The van der Waals surface area contributed by atoms with E-state index in [9.17, 15) is 4.39 Å². The molecule has 4 nitrogen and oxygen atoms in total. The fourth-order valence-corrected chi connectivity index (χ4v) is 2.46. The number of nitriles is 1. The molecule has 3 rings (SSSR count). The lowest BCUT2D eigenvalue weighted by Crippen LogP contribution is -2.05. The van der Waals surface area contributed by atoms with Crippen molar-refractivity contribution in [3.05, 3.63) is 59.7 Å².